The molecule has 2 rings (SSSR count). The van der Waals surface area contributed by atoms with Crippen molar-refractivity contribution in [1.82, 2.24) is 0 Å². The predicted octanol–water partition coefficient (Wildman–Crippen LogP) is 6.25. The van der Waals surface area contributed by atoms with Crippen LogP contribution in [0, 0.1) is 11.6 Å². The quantitative estimate of drug-likeness (QED) is 0.447. The summed E-state index contributed by atoms with van der Waals surface area (Å²) in [6.45, 7) is 2.06. The van der Waals surface area contributed by atoms with Gasteiger partial charge in [0.2, 0.25) is 0 Å². The highest BCUT2D eigenvalue weighted by atomic mass is 79.9. The third kappa shape index (κ3) is 3.21. The van der Waals surface area contributed by atoms with E-state index in [1.54, 1.807) is 0 Å². The Morgan fingerprint density at radius 1 is 1.10 bits per heavy atom. The molecule has 0 nitrogen and oxygen atoms in total. The lowest BCUT2D eigenvalue weighted by Gasteiger charge is -2.23. The van der Waals surface area contributed by atoms with Crippen molar-refractivity contribution >= 4 is 27.5 Å². The Labute approximate surface area is 130 Å². The van der Waals surface area contributed by atoms with Gasteiger partial charge in [-0.2, -0.15) is 0 Å². The first-order chi connectivity index (χ1) is 9.54. The first-order valence-electron chi connectivity index (χ1n) is 6.38. The van der Waals surface area contributed by atoms with Gasteiger partial charge in [-0.05, 0) is 29.7 Å². The molecular weight excluding hydrogens is 346 g/mol. The molecule has 0 heterocycles. The summed E-state index contributed by atoms with van der Waals surface area (Å²) in [4.78, 5) is -0.169. The molecule has 0 spiro atoms. The zero-order chi connectivity index (χ0) is 14.7. The first-order valence-corrected chi connectivity index (χ1v) is 7.67. The van der Waals surface area contributed by atoms with Gasteiger partial charge in [0.15, 0.2) is 11.6 Å². The van der Waals surface area contributed by atoms with Crippen LogP contribution < -0.4 is 0 Å². The van der Waals surface area contributed by atoms with E-state index < -0.39 is 11.6 Å². The van der Waals surface area contributed by atoms with Crippen LogP contribution in [0.4, 0.5) is 8.78 Å². The van der Waals surface area contributed by atoms with Crippen molar-refractivity contribution in [2.24, 2.45) is 0 Å². The predicted molar refractivity (Wildman–Crippen MR) is 82.5 cm³/mol. The van der Waals surface area contributed by atoms with Gasteiger partial charge in [-0.1, -0.05) is 64.8 Å². The van der Waals surface area contributed by atoms with Crippen molar-refractivity contribution < 1.29 is 8.78 Å². The molecule has 0 N–H and O–H groups in total. The molecule has 2 aromatic carbocycles. The number of rotatable bonds is 4. The maximum atomic E-state index is 13.4. The topological polar surface area (TPSA) is 0 Å². The average Bonchev–Trinajstić information content (AvgIpc) is 2.44. The number of hydrogen-bond acceptors (Lipinski definition) is 0. The van der Waals surface area contributed by atoms with Crippen molar-refractivity contribution in [3.63, 3.8) is 0 Å². The Bertz CT molecular complexity index is 587. The maximum Gasteiger partial charge on any atom is 0.160 e. The minimum Gasteiger partial charge on any atom is -0.204 e. The molecule has 2 atom stereocenters. The van der Waals surface area contributed by atoms with Gasteiger partial charge >= 0.3 is 0 Å². The molecule has 0 aromatic heterocycles. The molecule has 4 heteroatoms. The fourth-order valence-corrected chi connectivity index (χ4v) is 3.74. The molecule has 0 radical (unpaired) electrons. The van der Waals surface area contributed by atoms with E-state index in [1.165, 1.54) is 6.07 Å². The first kappa shape index (κ1) is 15.5. The summed E-state index contributed by atoms with van der Waals surface area (Å²) >= 11 is 9.63. The third-order valence-corrected chi connectivity index (χ3v) is 4.82. The number of benzene rings is 2. The second kappa shape index (κ2) is 6.68. The molecule has 20 heavy (non-hydrogen) atoms. The van der Waals surface area contributed by atoms with Crippen LogP contribution in [0.5, 0.6) is 0 Å². The Hall–Kier alpha value is -0.930. The summed E-state index contributed by atoms with van der Waals surface area (Å²) in [5, 5.41) is 0.236. The summed E-state index contributed by atoms with van der Waals surface area (Å²) in [6.07, 6.45) is 0.856. The van der Waals surface area contributed by atoms with Gasteiger partial charge in [-0.15, -0.1) is 0 Å². The van der Waals surface area contributed by atoms with Gasteiger partial charge in [-0.25, -0.2) is 8.78 Å². The van der Waals surface area contributed by atoms with Gasteiger partial charge in [0.1, 0.15) is 0 Å². The fraction of sp³-hybridized carbons (Fsp3) is 0.250. The van der Waals surface area contributed by atoms with E-state index in [1.807, 2.05) is 30.3 Å². The van der Waals surface area contributed by atoms with Crippen molar-refractivity contribution in [2.45, 2.75) is 24.1 Å². The van der Waals surface area contributed by atoms with E-state index in [4.69, 9.17) is 11.6 Å². The van der Waals surface area contributed by atoms with Crippen LogP contribution in [0.25, 0.3) is 0 Å². The second-order valence-corrected chi connectivity index (χ2v) is 6.01. The molecule has 0 aliphatic rings. The largest absolute Gasteiger partial charge is 0.204 e. The summed E-state index contributed by atoms with van der Waals surface area (Å²) in [5.41, 5.74) is 1.71. The molecule has 0 saturated heterocycles. The van der Waals surface area contributed by atoms with Crippen LogP contribution in [-0.2, 0) is 0 Å². The Balaban J connectivity index is 2.39. The zero-order valence-corrected chi connectivity index (χ0v) is 13.3. The number of halogens is 4. The lowest BCUT2D eigenvalue weighted by Crippen LogP contribution is -2.06. The maximum absolute atomic E-state index is 13.4. The molecule has 0 aliphatic heterocycles. The highest BCUT2D eigenvalue weighted by Gasteiger charge is 2.24. The highest BCUT2D eigenvalue weighted by molar-refractivity contribution is 9.09. The van der Waals surface area contributed by atoms with Crippen LogP contribution in [-0.4, -0.2) is 0 Å². The summed E-state index contributed by atoms with van der Waals surface area (Å²) in [6, 6.07) is 12.1. The van der Waals surface area contributed by atoms with Crippen LogP contribution >= 0.6 is 27.5 Å². The molecule has 0 bridgehead atoms. The Morgan fingerprint density at radius 2 is 1.70 bits per heavy atom. The van der Waals surface area contributed by atoms with Crippen LogP contribution in [0.15, 0.2) is 42.5 Å². The van der Waals surface area contributed by atoms with Crippen molar-refractivity contribution in [1.29, 1.82) is 0 Å². The molecule has 0 saturated carbocycles. The zero-order valence-electron chi connectivity index (χ0n) is 10.9. The van der Waals surface area contributed by atoms with Gasteiger partial charge in [0.25, 0.3) is 0 Å². The van der Waals surface area contributed by atoms with Gasteiger partial charge in [0, 0.05) is 15.8 Å². The fourth-order valence-electron chi connectivity index (χ4n) is 2.28. The molecular formula is C16H14BrClF2. The monoisotopic (exact) mass is 358 g/mol. The van der Waals surface area contributed by atoms with Crippen molar-refractivity contribution in [3.8, 4) is 0 Å². The van der Waals surface area contributed by atoms with E-state index >= 15 is 0 Å². The Morgan fingerprint density at radius 3 is 2.30 bits per heavy atom. The van der Waals surface area contributed by atoms with E-state index in [-0.39, 0.29) is 15.8 Å². The van der Waals surface area contributed by atoms with E-state index in [2.05, 4.69) is 22.9 Å². The third-order valence-electron chi connectivity index (χ3n) is 3.36. The van der Waals surface area contributed by atoms with Crippen molar-refractivity contribution in [2.75, 3.05) is 0 Å². The highest BCUT2D eigenvalue weighted by Crippen LogP contribution is 2.43. The van der Waals surface area contributed by atoms with E-state index in [0.29, 0.717) is 5.56 Å². The van der Waals surface area contributed by atoms with Crippen LogP contribution in [0.1, 0.15) is 35.2 Å². The number of alkyl halides is 1. The van der Waals surface area contributed by atoms with Crippen LogP contribution in [0.2, 0.25) is 5.02 Å². The lowest BCUT2D eigenvalue weighted by molar-refractivity contribution is 0.505. The molecule has 0 aliphatic carbocycles. The van der Waals surface area contributed by atoms with Gasteiger partial charge in [0.05, 0.1) is 0 Å². The van der Waals surface area contributed by atoms with Crippen LogP contribution in [0.3, 0.4) is 0 Å². The molecule has 106 valence electrons. The van der Waals surface area contributed by atoms with Gasteiger partial charge < -0.3 is 0 Å². The lowest BCUT2D eigenvalue weighted by atomic mass is 9.89. The SMILES string of the molecule is CCC(c1ccccc1)C(Br)c1cc(F)c(F)cc1Cl. The van der Waals surface area contributed by atoms with Crippen molar-refractivity contribution in [3.05, 3.63) is 70.2 Å². The van der Waals surface area contributed by atoms with E-state index in [9.17, 15) is 8.78 Å². The van der Waals surface area contributed by atoms with E-state index in [0.717, 1.165) is 18.1 Å². The minimum atomic E-state index is -0.925. The standard InChI is InChI=1S/C16H14BrClF2/c1-2-11(10-6-4-3-5-7-10)16(17)12-8-14(19)15(20)9-13(12)18/h3-9,11,16H,2H2,1H3. The number of hydrogen-bond donors (Lipinski definition) is 0. The summed E-state index contributed by atoms with van der Waals surface area (Å²) < 4.78 is 26.6. The molecule has 0 amide bonds. The molecule has 0 fully saturated rings. The molecule has 2 aromatic rings. The molecule has 2 unspecified atom stereocenters. The smallest absolute Gasteiger partial charge is 0.160 e. The Kier molecular flexibility index (Phi) is 5.17. The average molecular weight is 360 g/mol. The van der Waals surface area contributed by atoms with Gasteiger partial charge in [-0.3, -0.25) is 0 Å². The minimum absolute atomic E-state index is 0.138. The summed E-state index contributed by atoms with van der Waals surface area (Å²) in [5.74, 6) is -1.67. The second-order valence-electron chi connectivity index (χ2n) is 4.62. The summed E-state index contributed by atoms with van der Waals surface area (Å²) in [7, 11) is 0. The normalized spacial score (nSPS) is 14.1.